The first-order valence-corrected chi connectivity index (χ1v) is 6.64. The van der Waals surface area contributed by atoms with Crippen LogP contribution >= 0.6 is 0 Å². The van der Waals surface area contributed by atoms with E-state index in [0.29, 0.717) is 30.2 Å². The van der Waals surface area contributed by atoms with Gasteiger partial charge in [-0.15, -0.1) is 0 Å². The SMILES string of the molecule is NCc1cc(F)cnc1N1CCS(=O)CC1. The van der Waals surface area contributed by atoms with Crippen LogP contribution in [0.4, 0.5) is 10.2 Å². The van der Waals surface area contributed by atoms with Crippen molar-refractivity contribution in [3.63, 3.8) is 0 Å². The molecule has 6 heteroatoms. The highest BCUT2D eigenvalue weighted by atomic mass is 32.2. The summed E-state index contributed by atoms with van der Waals surface area (Å²) in [6, 6.07) is 1.41. The zero-order valence-corrected chi connectivity index (χ0v) is 9.67. The van der Waals surface area contributed by atoms with Gasteiger partial charge in [0.15, 0.2) is 0 Å². The number of halogens is 1. The molecule has 0 aromatic carbocycles. The Morgan fingerprint density at radius 2 is 2.19 bits per heavy atom. The van der Waals surface area contributed by atoms with Crippen molar-refractivity contribution in [2.24, 2.45) is 5.73 Å². The van der Waals surface area contributed by atoms with Crippen molar-refractivity contribution in [3.05, 3.63) is 23.6 Å². The maximum absolute atomic E-state index is 13.0. The number of hydrogen-bond donors (Lipinski definition) is 1. The van der Waals surface area contributed by atoms with Crippen molar-refractivity contribution in [1.29, 1.82) is 0 Å². The second-order valence-corrected chi connectivity index (χ2v) is 5.37. The molecule has 0 bridgehead atoms. The predicted octanol–water partition coefficient (Wildman–Crippen LogP) is 0.248. The molecule has 0 atom stereocenters. The van der Waals surface area contributed by atoms with Gasteiger partial charge in [0, 0.05) is 47.5 Å². The van der Waals surface area contributed by atoms with Gasteiger partial charge in [-0.05, 0) is 6.07 Å². The van der Waals surface area contributed by atoms with Gasteiger partial charge < -0.3 is 10.6 Å². The first-order valence-electron chi connectivity index (χ1n) is 5.15. The molecule has 16 heavy (non-hydrogen) atoms. The van der Waals surface area contributed by atoms with Crippen LogP contribution < -0.4 is 10.6 Å². The van der Waals surface area contributed by atoms with E-state index in [1.807, 2.05) is 4.90 Å². The Kier molecular flexibility index (Phi) is 3.50. The summed E-state index contributed by atoms with van der Waals surface area (Å²) >= 11 is 0. The molecule has 2 N–H and O–H groups in total. The molecule has 0 spiro atoms. The minimum Gasteiger partial charge on any atom is -0.355 e. The van der Waals surface area contributed by atoms with Crippen molar-refractivity contribution in [1.82, 2.24) is 4.98 Å². The van der Waals surface area contributed by atoms with Crippen LogP contribution in [0.3, 0.4) is 0 Å². The third kappa shape index (κ3) is 2.38. The normalized spacial score (nSPS) is 17.8. The molecule has 1 fully saturated rings. The van der Waals surface area contributed by atoms with E-state index in [0.717, 1.165) is 5.82 Å². The van der Waals surface area contributed by atoms with E-state index in [-0.39, 0.29) is 12.4 Å². The van der Waals surface area contributed by atoms with E-state index in [9.17, 15) is 8.60 Å². The Balaban J connectivity index is 2.22. The van der Waals surface area contributed by atoms with Gasteiger partial charge in [0.25, 0.3) is 0 Å². The second kappa shape index (κ2) is 4.88. The maximum Gasteiger partial charge on any atom is 0.141 e. The Bertz CT molecular complexity index is 403. The summed E-state index contributed by atoms with van der Waals surface area (Å²) in [6.45, 7) is 1.65. The zero-order chi connectivity index (χ0) is 11.5. The molecule has 1 saturated heterocycles. The number of pyridine rings is 1. The lowest BCUT2D eigenvalue weighted by Crippen LogP contribution is -2.39. The molecule has 0 radical (unpaired) electrons. The number of rotatable bonds is 2. The standard InChI is InChI=1S/C10H14FN3OS/c11-9-5-8(6-12)10(13-7-9)14-1-3-16(15)4-2-14/h5,7H,1-4,6,12H2. The number of aromatic nitrogens is 1. The Hall–Kier alpha value is -1.01. The van der Waals surface area contributed by atoms with Crippen LogP contribution in [-0.4, -0.2) is 33.8 Å². The van der Waals surface area contributed by atoms with Gasteiger partial charge in [-0.1, -0.05) is 0 Å². The fourth-order valence-corrected chi connectivity index (χ4v) is 2.81. The molecule has 88 valence electrons. The van der Waals surface area contributed by atoms with E-state index in [1.165, 1.54) is 12.3 Å². The number of nitrogens with zero attached hydrogens (tertiary/aromatic N) is 2. The predicted molar refractivity (Wildman–Crippen MR) is 62.2 cm³/mol. The van der Waals surface area contributed by atoms with Crippen LogP contribution in [0.5, 0.6) is 0 Å². The monoisotopic (exact) mass is 243 g/mol. The molecule has 2 rings (SSSR count). The van der Waals surface area contributed by atoms with Crippen molar-refractivity contribution < 1.29 is 8.60 Å². The highest BCUT2D eigenvalue weighted by Crippen LogP contribution is 2.19. The van der Waals surface area contributed by atoms with E-state index >= 15 is 0 Å². The molecule has 0 aliphatic carbocycles. The molecule has 1 aliphatic heterocycles. The lowest BCUT2D eigenvalue weighted by molar-refractivity contribution is 0.616. The average molecular weight is 243 g/mol. The Labute approximate surface area is 96.1 Å². The smallest absolute Gasteiger partial charge is 0.141 e. The quantitative estimate of drug-likeness (QED) is 0.809. The number of nitrogens with two attached hydrogens (primary N) is 1. The average Bonchev–Trinajstić information content (AvgIpc) is 2.30. The fraction of sp³-hybridized carbons (Fsp3) is 0.500. The largest absolute Gasteiger partial charge is 0.355 e. The molecule has 4 nitrogen and oxygen atoms in total. The molecular formula is C10H14FN3OS. The van der Waals surface area contributed by atoms with Gasteiger partial charge in [-0.3, -0.25) is 4.21 Å². The third-order valence-electron chi connectivity index (χ3n) is 2.61. The van der Waals surface area contributed by atoms with Gasteiger partial charge >= 0.3 is 0 Å². The van der Waals surface area contributed by atoms with Gasteiger partial charge in [0.05, 0.1) is 6.20 Å². The topological polar surface area (TPSA) is 59.2 Å². The third-order valence-corrected chi connectivity index (χ3v) is 3.88. The summed E-state index contributed by atoms with van der Waals surface area (Å²) in [4.78, 5) is 6.09. The minimum atomic E-state index is -0.722. The first kappa shape index (κ1) is 11.5. The lowest BCUT2D eigenvalue weighted by Gasteiger charge is -2.28. The molecule has 0 amide bonds. The summed E-state index contributed by atoms with van der Waals surface area (Å²) in [7, 11) is -0.722. The van der Waals surface area contributed by atoms with Gasteiger partial charge in [-0.2, -0.15) is 0 Å². The molecular weight excluding hydrogens is 229 g/mol. The van der Waals surface area contributed by atoms with Gasteiger partial charge in [0.1, 0.15) is 11.6 Å². The van der Waals surface area contributed by atoms with E-state index in [2.05, 4.69) is 4.98 Å². The number of hydrogen-bond acceptors (Lipinski definition) is 4. The van der Waals surface area contributed by atoms with Crippen LogP contribution in [0.2, 0.25) is 0 Å². The Morgan fingerprint density at radius 1 is 1.50 bits per heavy atom. The lowest BCUT2D eigenvalue weighted by atomic mass is 10.2. The number of anilines is 1. The summed E-state index contributed by atoms with van der Waals surface area (Å²) < 4.78 is 24.2. The summed E-state index contributed by atoms with van der Waals surface area (Å²) in [5.41, 5.74) is 6.26. The van der Waals surface area contributed by atoms with Crippen molar-refractivity contribution in [2.75, 3.05) is 29.5 Å². The van der Waals surface area contributed by atoms with Crippen molar-refractivity contribution in [2.45, 2.75) is 6.54 Å². The van der Waals surface area contributed by atoms with Gasteiger partial charge in [0.2, 0.25) is 0 Å². The van der Waals surface area contributed by atoms with Crippen LogP contribution in [0.25, 0.3) is 0 Å². The van der Waals surface area contributed by atoms with E-state index in [4.69, 9.17) is 5.73 Å². The van der Waals surface area contributed by atoms with Crippen LogP contribution in [0.1, 0.15) is 5.56 Å². The van der Waals surface area contributed by atoms with Crippen molar-refractivity contribution in [3.8, 4) is 0 Å². The summed E-state index contributed by atoms with van der Waals surface area (Å²) in [5.74, 6) is 1.64. The second-order valence-electron chi connectivity index (χ2n) is 3.68. The zero-order valence-electron chi connectivity index (χ0n) is 8.86. The highest BCUT2D eigenvalue weighted by Gasteiger charge is 2.18. The van der Waals surface area contributed by atoms with E-state index in [1.54, 1.807) is 0 Å². The summed E-state index contributed by atoms with van der Waals surface area (Å²) in [6.07, 6.45) is 1.19. The molecule has 1 aromatic rings. The van der Waals surface area contributed by atoms with Crippen molar-refractivity contribution >= 4 is 16.6 Å². The van der Waals surface area contributed by atoms with Crippen LogP contribution in [-0.2, 0) is 17.3 Å². The minimum absolute atomic E-state index is 0.264. The highest BCUT2D eigenvalue weighted by molar-refractivity contribution is 7.85. The molecule has 1 aliphatic rings. The molecule has 0 saturated carbocycles. The molecule has 1 aromatic heterocycles. The Morgan fingerprint density at radius 3 is 2.81 bits per heavy atom. The first-order chi connectivity index (χ1) is 7.70. The fourth-order valence-electron chi connectivity index (χ4n) is 1.76. The summed E-state index contributed by atoms with van der Waals surface area (Å²) in [5, 5.41) is 0. The molecule has 2 heterocycles. The van der Waals surface area contributed by atoms with Gasteiger partial charge in [-0.25, -0.2) is 9.37 Å². The van der Waals surface area contributed by atoms with E-state index < -0.39 is 10.8 Å². The molecule has 0 unspecified atom stereocenters. The van der Waals surface area contributed by atoms with Crippen LogP contribution in [0, 0.1) is 5.82 Å². The maximum atomic E-state index is 13.0. The van der Waals surface area contributed by atoms with Crippen LogP contribution in [0.15, 0.2) is 12.3 Å².